The van der Waals surface area contributed by atoms with Crippen molar-refractivity contribution in [3.63, 3.8) is 0 Å². The maximum atomic E-state index is 13.5. The van der Waals surface area contributed by atoms with Crippen LogP contribution >= 0.6 is 0 Å². The maximum absolute atomic E-state index is 13.5. The van der Waals surface area contributed by atoms with E-state index in [1.165, 1.54) is 4.90 Å². The minimum absolute atomic E-state index is 0.0669. The molecule has 216 valence electrons. The number of aliphatic hydroxyl groups is 1. The number of aliphatic hydroxyl groups excluding tert-OH is 1. The number of carbonyl (C=O) groups is 2. The third-order valence-corrected chi connectivity index (χ3v) is 8.68. The number of primary amides is 1. The lowest BCUT2D eigenvalue weighted by Crippen LogP contribution is -2.53. The summed E-state index contributed by atoms with van der Waals surface area (Å²) in [7, 11) is 0. The summed E-state index contributed by atoms with van der Waals surface area (Å²) in [6, 6.07) is 9.73. The van der Waals surface area contributed by atoms with Crippen LogP contribution in [0, 0.1) is 11.3 Å². The summed E-state index contributed by atoms with van der Waals surface area (Å²) in [6.45, 7) is 1.95. The fourth-order valence-electron chi connectivity index (χ4n) is 5.99. The van der Waals surface area contributed by atoms with E-state index >= 15 is 0 Å². The smallest absolute Gasteiger partial charge is 0.395 e. The first-order chi connectivity index (χ1) is 19.0. The maximum Gasteiger partial charge on any atom is 0.395 e. The predicted molar refractivity (Wildman–Crippen MR) is 141 cm³/mol. The van der Waals surface area contributed by atoms with E-state index in [1.54, 1.807) is 36.5 Å². The average Bonchev–Trinajstić information content (AvgIpc) is 3.31. The van der Waals surface area contributed by atoms with Crippen molar-refractivity contribution in [2.24, 2.45) is 17.1 Å². The van der Waals surface area contributed by atoms with Crippen LogP contribution in [0.1, 0.15) is 48.9 Å². The van der Waals surface area contributed by atoms with Crippen LogP contribution < -0.4 is 10.5 Å². The number of nitrogens with zero attached hydrogens (tertiary/aromatic N) is 3. The molecule has 11 heteroatoms. The summed E-state index contributed by atoms with van der Waals surface area (Å²) >= 11 is 0. The fourth-order valence-corrected chi connectivity index (χ4v) is 5.99. The van der Waals surface area contributed by atoms with Crippen LogP contribution in [0.25, 0.3) is 11.1 Å². The molecule has 3 fully saturated rings. The predicted octanol–water partition coefficient (Wildman–Crippen LogP) is 3.63. The molecule has 1 aromatic carbocycles. The van der Waals surface area contributed by atoms with E-state index in [9.17, 15) is 27.9 Å². The molecule has 40 heavy (non-hydrogen) atoms. The summed E-state index contributed by atoms with van der Waals surface area (Å²) < 4.78 is 46.4. The van der Waals surface area contributed by atoms with E-state index in [0.29, 0.717) is 37.6 Å². The first-order valence-electron chi connectivity index (χ1n) is 13.8. The number of hydrogen-bond acceptors (Lipinski definition) is 6. The second kappa shape index (κ2) is 11.4. The van der Waals surface area contributed by atoms with Gasteiger partial charge in [-0.3, -0.25) is 9.59 Å². The van der Waals surface area contributed by atoms with Crippen molar-refractivity contribution in [2.75, 3.05) is 32.8 Å². The van der Waals surface area contributed by atoms with Gasteiger partial charge >= 0.3 is 6.18 Å². The normalized spacial score (nSPS) is 23.6. The zero-order valence-electron chi connectivity index (χ0n) is 22.3. The molecule has 5 rings (SSSR count). The van der Waals surface area contributed by atoms with Gasteiger partial charge in [-0.15, -0.1) is 0 Å². The molecule has 1 saturated carbocycles. The number of carbonyl (C=O) groups excluding carboxylic acids is 2. The summed E-state index contributed by atoms with van der Waals surface area (Å²) in [5, 5.41) is 9.87. The van der Waals surface area contributed by atoms with Gasteiger partial charge in [-0.2, -0.15) is 13.2 Å². The van der Waals surface area contributed by atoms with Crippen molar-refractivity contribution in [1.29, 1.82) is 0 Å². The number of benzene rings is 1. The quantitative estimate of drug-likeness (QED) is 0.511. The number of β-amino-alcohol motifs (C(OH)–C–C–N with tert-alkyl or cyclic N) is 1. The molecule has 2 aliphatic heterocycles. The number of pyridine rings is 1. The summed E-state index contributed by atoms with van der Waals surface area (Å²) in [6.07, 6.45) is -0.343. The van der Waals surface area contributed by atoms with Crippen molar-refractivity contribution in [1.82, 2.24) is 14.8 Å². The number of hydrogen-bond donors (Lipinski definition) is 2. The van der Waals surface area contributed by atoms with Gasteiger partial charge in [0.1, 0.15) is 6.04 Å². The Hall–Kier alpha value is -3.18. The molecule has 0 bridgehead atoms. The highest BCUT2D eigenvalue weighted by atomic mass is 19.4. The highest BCUT2D eigenvalue weighted by Crippen LogP contribution is 2.53. The van der Waals surface area contributed by atoms with Gasteiger partial charge in [0.2, 0.25) is 11.8 Å². The number of alkyl halides is 3. The number of amides is 2. The van der Waals surface area contributed by atoms with Crippen molar-refractivity contribution in [2.45, 2.75) is 56.8 Å². The number of aromatic nitrogens is 1. The number of piperidine rings is 1. The lowest BCUT2D eigenvalue weighted by molar-refractivity contribution is -0.256. The van der Waals surface area contributed by atoms with Gasteiger partial charge in [-0.25, -0.2) is 4.98 Å². The lowest BCUT2D eigenvalue weighted by atomic mass is 9.67. The Kier molecular flexibility index (Phi) is 8.05. The fraction of sp³-hybridized carbons (Fsp3) is 0.552. The molecule has 3 N–H and O–H groups in total. The van der Waals surface area contributed by atoms with Gasteiger partial charge < -0.3 is 25.4 Å². The third-order valence-electron chi connectivity index (χ3n) is 8.68. The number of ether oxygens (including phenoxy) is 1. The summed E-state index contributed by atoms with van der Waals surface area (Å²) in [5.41, 5.74) is 5.95. The van der Waals surface area contributed by atoms with Crippen molar-refractivity contribution in [3.05, 3.63) is 48.2 Å². The lowest BCUT2D eigenvalue weighted by Gasteiger charge is -2.47. The monoisotopic (exact) mass is 560 g/mol. The van der Waals surface area contributed by atoms with Crippen molar-refractivity contribution in [3.8, 4) is 17.0 Å². The van der Waals surface area contributed by atoms with Crippen LogP contribution in [0.3, 0.4) is 0 Å². The first kappa shape index (κ1) is 28.4. The van der Waals surface area contributed by atoms with Gasteiger partial charge in [0.05, 0.1) is 18.1 Å². The minimum atomic E-state index is -4.13. The molecular formula is C29H35F3N4O4. The molecule has 2 atom stereocenters. The number of rotatable bonds is 8. The highest BCUT2D eigenvalue weighted by Gasteiger charge is 2.58. The Morgan fingerprint density at radius 1 is 1.07 bits per heavy atom. The summed E-state index contributed by atoms with van der Waals surface area (Å²) in [5.74, 6) is -0.240. The van der Waals surface area contributed by atoms with Crippen LogP contribution in [-0.4, -0.2) is 82.8 Å². The van der Waals surface area contributed by atoms with Crippen LogP contribution in [-0.2, 0) is 4.79 Å². The molecule has 3 heterocycles. The van der Waals surface area contributed by atoms with Gasteiger partial charge in [-0.05, 0) is 68.5 Å². The van der Waals surface area contributed by atoms with Crippen LogP contribution in [0.15, 0.2) is 42.6 Å². The topological polar surface area (TPSA) is 109 Å². The number of nitrogens with two attached hydrogens (primary N) is 1. The van der Waals surface area contributed by atoms with E-state index in [1.807, 2.05) is 11.0 Å². The Morgan fingerprint density at radius 3 is 2.30 bits per heavy atom. The first-order valence-corrected chi connectivity index (χ1v) is 13.8. The molecule has 2 amide bonds. The van der Waals surface area contributed by atoms with E-state index in [0.717, 1.165) is 24.0 Å². The molecule has 1 aliphatic carbocycles. The van der Waals surface area contributed by atoms with Gasteiger partial charge in [0.15, 0.2) is 0 Å². The van der Waals surface area contributed by atoms with Gasteiger partial charge in [0, 0.05) is 42.9 Å². The molecular weight excluding hydrogens is 525 g/mol. The van der Waals surface area contributed by atoms with Crippen LogP contribution in [0.4, 0.5) is 13.2 Å². The molecule has 8 nitrogen and oxygen atoms in total. The summed E-state index contributed by atoms with van der Waals surface area (Å²) in [4.78, 5) is 32.2. The van der Waals surface area contributed by atoms with Crippen molar-refractivity contribution >= 4 is 11.8 Å². The Morgan fingerprint density at radius 2 is 1.75 bits per heavy atom. The van der Waals surface area contributed by atoms with E-state index < -0.39 is 29.6 Å². The van der Waals surface area contributed by atoms with Crippen molar-refractivity contribution < 1.29 is 32.6 Å². The Balaban J connectivity index is 1.10. The molecule has 1 aromatic heterocycles. The zero-order valence-corrected chi connectivity index (χ0v) is 22.3. The molecule has 0 radical (unpaired) electrons. The largest absolute Gasteiger partial charge is 0.477 e. The third kappa shape index (κ3) is 5.95. The average molecular weight is 561 g/mol. The minimum Gasteiger partial charge on any atom is -0.477 e. The Bertz CT molecular complexity index is 1190. The zero-order chi connectivity index (χ0) is 28.5. The molecule has 2 saturated heterocycles. The Labute approximate surface area is 231 Å². The molecule has 0 spiro atoms. The van der Waals surface area contributed by atoms with Gasteiger partial charge in [0.25, 0.3) is 5.91 Å². The molecule has 3 aliphatic rings. The van der Waals surface area contributed by atoms with E-state index in [4.69, 9.17) is 10.5 Å². The second-order valence-electron chi connectivity index (χ2n) is 11.4. The van der Waals surface area contributed by atoms with Crippen LogP contribution in [0.5, 0.6) is 5.88 Å². The SMILES string of the molecule is NC(=O)[C@@H]1C[C@@H](O)CN1C(=O)c1ccc(-c2ccc(OCC3CCN(CC4(C(F)(F)F)CCC4)CC3)nc2)cc1. The second-order valence-corrected chi connectivity index (χ2v) is 11.4. The van der Waals surface area contributed by atoms with Crippen LogP contribution in [0.2, 0.25) is 0 Å². The number of likely N-dealkylation sites (tertiary alicyclic amines) is 2. The highest BCUT2D eigenvalue weighted by molar-refractivity contribution is 5.98. The number of halogens is 3. The van der Waals surface area contributed by atoms with E-state index in [-0.39, 0.29) is 44.2 Å². The van der Waals surface area contributed by atoms with E-state index in [2.05, 4.69) is 4.98 Å². The molecule has 0 unspecified atom stereocenters. The standard InChI is InChI=1S/C29H35F3N4O4/c30-29(31,32)28(10-1-11-28)18-35-12-8-19(9-13-35)17-40-25-7-6-22(15-34-25)20-2-4-21(5-3-20)27(39)36-16-23(37)14-24(36)26(33)38/h2-7,15,19,23-24,37H,1,8-14,16-18H2,(H2,33,38)/t23-,24+/m1/s1. The molecule has 2 aromatic rings. The van der Waals surface area contributed by atoms with Gasteiger partial charge in [-0.1, -0.05) is 18.6 Å².